The largest absolute Gasteiger partial charge is 0.497 e. The monoisotopic (exact) mass is 445 g/mol. The number of hydrogen-bond donors (Lipinski definition) is 2. The molecule has 0 aliphatic carbocycles. The molecule has 3 N–H and O–H groups in total. The van der Waals surface area contributed by atoms with Crippen LogP contribution in [-0.4, -0.2) is 51.6 Å². The van der Waals surface area contributed by atoms with Crippen molar-refractivity contribution in [3.63, 3.8) is 0 Å². The first kappa shape index (κ1) is 22.6. The summed E-state index contributed by atoms with van der Waals surface area (Å²) in [5.74, 6) is 1.19. The molecule has 1 heterocycles. The smallest absolute Gasteiger partial charge is 0.286 e. The van der Waals surface area contributed by atoms with Crippen LogP contribution in [0.5, 0.6) is 11.5 Å². The third kappa shape index (κ3) is 3.86. The van der Waals surface area contributed by atoms with Crippen LogP contribution in [-0.2, 0) is 15.6 Å². The average molecular weight is 446 g/mol. The lowest BCUT2D eigenvalue weighted by Gasteiger charge is -2.33. The lowest BCUT2D eigenvalue weighted by Crippen LogP contribution is -2.46. The summed E-state index contributed by atoms with van der Waals surface area (Å²) < 4.78 is 40.7. The van der Waals surface area contributed by atoms with Gasteiger partial charge in [-0.1, -0.05) is 12.1 Å². The third-order valence-electron chi connectivity index (χ3n) is 5.33. The number of benzene rings is 2. The van der Waals surface area contributed by atoms with Gasteiger partial charge >= 0.3 is 0 Å². The molecule has 1 unspecified atom stereocenters. The van der Waals surface area contributed by atoms with Gasteiger partial charge in [0.05, 0.1) is 19.9 Å². The second-order valence-corrected chi connectivity index (χ2v) is 8.51. The zero-order valence-corrected chi connectivity index (χ0v) is 18.8. The van der Waals surface area contributed by atoms with Gasteiger partial charge in [-0.3, -0.25) is 0 Å². The molecule has 8 nitrogen and oxygen atoms in total. The molecule has 1 aliphatic heterocycles. The van der Waals surface area contributed by atoms with E-state index >= 15 is 0 Å². The van der Waals surface area contributed by atoms with E-state index in [9.17, 15) is 13.5 Å². The molecule has 0 radical (unpaired) electrons. The maximum atomic E-state index is 13.2. The van der Waals surface area contributed by atoms with Crippen molar-refractivity contribution in [2.75, 3.05) is 27.3 Å². The number of aliphatic hydroxyl groups is 1. The fraction of sp³-hybridized carbons (Fsp3) is 0.318. The minimum absolute atomic E-state index is 0.0223. The number of nitrogens with two attached hydrogens (primary N) is 1. The predicted octanol–water partition coefficient (Wildman–Crippen LogP) is 2.30. The van der Waals surface area contributed by atoms with E-state index in [1.165, 1.54) is 14.2 Å². The first-order chi connectivity index (χ1) is 14.7. The van der Waals surface area contributed by atoms with Crippen LogP contribution >= 0.6 is 0 Å². The van der Waals surface area contributed by atoms with E-state index in [1.807, 2.05) is 13.8 Å². The lowest BCUT2D eigenvalue weighted by atomic mass is 9.89. The van der Waals surface area contributed by atoms with E-state index in [0.717, 1.165) is 0 Å². The summed E-state index contributed by atoms with van der Waals surface area (Å²) in [6, 6.07) is 13.1. The summed E-state index contributed by atoms with van der Waals surface area (Å²) in [6.07, 6.45) is 0. The van der Waals surface area contributed by atoms with Gasteiger partial charge in [0.2, 0.25) is 0 Å². The lowest BCUT2D eigenvalue weighted by molar-refractivity contribution is 0.145. The Bertz CT molecular complexity index is 1100. The number of nitrogens with zero attached hydrogens (tertiary/aromatic N) is 2. The number of hydrogen-bond acceptors (Lipinski definition) is 7. The van der Waals surface area contributed by atoms with Crippen LogP contribution in [0.25, 0.3) is 5.70 Å². The highest BCUT2D eigenvalue weighted by atomic mass is 32.2. The molecule has 0 amide bonds. The van der Waals surface area contributed by atoms with E-state index in [2.05, 4.69) is 4.40 Å². The zero-order chi connectivity index (χ0) is 22.8. The number of rotatable bonds is 6. The first-order valence-electron chi connectivity index (χ1n) is 9.84. The Morgan fingerprint density at radius 3 is 1.94 bits per heavy atom. The van der Waals surface area contributed by atoms with Crippen molar-refractivity contribution in [3.8, 4) is 11.5 Å². The number of likely N-dealkylation sites (N-methyl/N-ethyl adjacent to an activating group) is 1. The minimum atomic E-state index is -4.25. The highest BCUT2D eigenvalue weighted by Gasteiger charge is 2.54. The van der Waals surface area contributed by atoms with Crippen LogP contribution in [0.4, 0.5) is 0 Å². The van der Waals surface area contributed by atoms with Gasteiger partial charge in [-0.05, 0) is 61.4 Å². The van der Waals surface area contributed by atoms with Gasteiger partial charge in [-0.15, -0.1) is 4.40 Å². The average Bonchev–Trinajstić information content (AvgIpc) is 3.00. The van der Waals surface area contributed by atoms with Crippen molar-refractivity contribution in [2.45, 2.75) is 19.4 Å². The molecule has 2 aromatic rings. The van der Waals surface area contributed by atoms with Crippen molar-refractivity contribution in [3.05, 3.63) is 64.6 Å². The van der Waals surface area contributed by atoms with Gasteiger partial charge in [0.25, 0.3) is 10.0 Å². The first-order valence-corrected chi connectivity index (χ1v) is 11.3. The molecule has 9 heteroatoms. The Hall–Kier alpha value is -3.04. The zero-order valence-electron chi connectivity index (χ0n) is 18.0. The van der Waals surface area contributed by atoms with Crippen LogP contribution in [0.1, 0.15) is 25.0 Å². The third-order valence-corrected chi connectivity index (χ3v) is 6.78. The predicted molar refractivity (Wildman–Crippen MR) is 120 cm³/mol. The number of methoxy groups -OCH3 is 2. The van der Waals surface area contributed by atoms with E-state index in [1.54, 1.807) is 53.4 Å². The molecule has 166 valence electrons. The summed E-state index contributed by atoms with van der Waals surface area (Å²) in [4.78, 5) is 1.34. The molecule has 2 aromatic carbocycles. The molecule has 0 aromatic heterocycles. The van der Waals surface area contributed by atoms with E-state index < -0.39 is 15.6 Å². The van der Waals surface area contributed by atoms with Crippen LogP contribution in [0, 0.1) is 0 Å². The maximum Gasteiger partial charge on any atom is 0.286 e. The van der Waals surface area contributed by atoms with Gasteiger partial charge < -0.3 is 25.2 Å². The second-order valence-electron chi connectivity index (χ2n) is 6.97. The summed E-state index contributed by atoms with van der Waals surface area (Å²) >= 11 is 0. The molecule has 0 spiro atoms. The standard InChI is InChI=1S/C22H27N3O5S/c1-5-25(6-2)21-22(26,16-9-13-18(30-4)14-10-16)20(31(27,28)24-21)19(23)15-7-11-17(29-3)12-8-15/h7-14,26H,5-6,23H2,1-4H3/b20-19+. The number of amidine groups is 1. The van der Waals surface area contributed by atoms with Gasteiger partial charge in [-0.2, -0.15) is 8.42 Å². The van der Waals surface area contributed by atoms with E-state index in [0.29, 0.717) is 35.7 Å². The molecular weight excluding hydrogens is 418 g/mol. The molecule has 31 heavy (non-hydrogen) atoms. The SMILES string of the molecule is CCN(CC)C1=NS(=O)(=O)/C(=C(/N)c2ccc(OC)cc2)C1(O)c1ccc(OC)cc1. The van der Waals surface area contributed by atoms with E-state index in [-0.39, 0.29) is 16.4 Å². The van der Waals surface area contributed by atoms with Gasteiger partial charge in [0.1, 0.15) is 16.4 Å². The molecule has 0 saturated heterocycles. The quantitative estimate of drug-likeness (QED) is 0.701. The molecule has 1 aliphatic rings. The normalized spacial score (nSPS) is 21.4. The molecule has 0 bridgehead atoms. The van der Waals surface area contributed by atoms with Crippen molar-refractivity contribution >= 4 is 21.6 Å². The van der Waals surface area contributed by atoms with E-state index in [4.69, 9.17) is 15.2 Å². The Morgan fingerprint density at radius 2 is 1.48 bits per heavy atom. The maximum absolute atomic E-state index is 13.2. The van der Waals surface area contributed by atoms with Crippen molar-refractivity contribution in [1.29, 1.82) is 0 Å². The second kappa shape index (κ2) is 8.60. The molecule has 0 fully saturated rings. The van der Waals surface area contributed by atoms with Crippen molar-refractivity contribution < 1.29 is 23.0 Å². The van der Waals surface area contributed by atoms with Crippen LogP contribution in [0.15, 0.2) is 57.8 Å². The summed E-state index contributed by atoms with van der Waals surface area (Å²) in [5.41, 5.74) is 4.99. The van der Waals surface area contributed by atoms with Gasteiger partial charge in [0.15, 0.2) is 11.4 Å². The van der Waals surface area contributed by atoms with Gasteiger partial charge in [0, 0.05) is 13.1 Å². The fourth-order valence-corrected chi connectivity index (χ4v) is 5.20. The summed E-state index contributed by atoms with van der Waals surface area (Å²) in [6.45, 7) is 4.64. The van der Waals surface area contributed by atoms with Crippen molar-refractivity contribution in [2.24, 2.45) is 10.1 Å². The minimum Gasteiger partial charge on any atom is -0.497 e. The topological polar surface area (TPSA) is 114 Å². The fourth-order valence-electron chi connectivity index (χ4n) is 3.65. The Labute approximate surface area is 182 Å². The number of sulfonamides is 1. The highest BCUT2D eigenvalue weighted by molar-refractivity contribution is 7.95. The van der Waals surface area contributed by atoms with Crippen LogP contribution < -0.4 is 15.2 Å². The molecule has 1 atom stereocenters. The Kier molecular flexibility index (Phi) is 6.28. The Balaban J connectivity index is 2.30. The summed E-state index contributed by atoms with van der Waals surface area (Å²) in [7, 11) is -1.19. The van der Waals surface area contributed by atoms with Crippen LogP contribution in [0.3, 0.4) is 0 Å². The van der Waals surface area contributed by atoms with Crippen LogP contribution in [0.2, 0.25) is 0 Å². The molecule has 3 rings (SSSR count). The highest BCUT2D eigenvalue weighted by Crippen LogP contribution is 2.45. The molecule has 0 saturated carbocycles. The summed E-state index contributed by atoms with van der Waals surface area (Å²) in [5, 5.41) is 12.0. The van der Waals surface area contributed by atoms with Gasteiger partial charge in [-0.25, -0.2) is 0 Å². The number of ether oxygens (including phenoxy) is 2. The van der Waals surface area contributed by atoms with Crippen molar-refractivity contribution in [1.82, 2.24) is 4.90 Å². The molecular formula is C22H27N3O5S. The Morgan fingerprint density at radius 1 is 1.00 bits per heavy atom.